The Balaban J connectivity index is 1.89. The Morgan fingerprint density at radius 2 is 1.89 bits per heavy atom. The van der Waals surface area contributed by atoms with Crippen LogP contribution >= 0.6 is 0 Å². The van der Waals surface area contributed by atoms with E-state index in [1.54, 1.807) is 0 Å². The van der Waals surface area contributed by atoms with Gasteiger partial charge < -0.3 is 5.32 Å². The highest BCUT2D eigenvalue weighted by atomic mass is 16.1. The summed E-state index contributed by atoms with van der Waals surface area (Å²) in [5.74, 6) is 0.192. The van der Waals surface area contributed by atoms with E-state index in [2.05, 4.69) is 11.4 Å². The minimum atomic E-state index is -0.127. The molecule has 1 atom stereocenters. The highest BCUT2D eigenvalue weighted by Crippen LogP contribution is 2.27. The fourth-order valence-corrected chi connectivity index (χ4v) is 2.66. The lowest BCUT2D eigenvalue weighted by atomic mass is 9.95. The van der Waals surface area contributed by atoms with Crippen molar-refractivity contribution in [2.24, 2.45) is 0 Å². The van der Waals surface area contributed by atoms with Crippen molar-refractivity contribution in [1.82, 2.24) is 0 Å². The number of hydrogen-bond acceptors (Lipinski definition) is 2. The summed E-state index contributed by atoms with van der Waals surface area (Å²) < 4.78 is 0. The fourth-order valence-electron chi connectivity index (χ4n) is 2.66. The summed E-state index contributed by atoms with van der Waals surface area (Å²) in [4.78, 5) is 12.6. The number of para-hydroxylation sites is 1. The molecule has 1 heterocycles. The number of hydrogen-bond donors (Lipinski definition) is 1. The maximum atomic E-state index is 12.6. The number of benzene rings is 2. The van der Waals surface area contributed by atoms with Crippen LogP contribution in [0.3, 0.4) is 0 Å². The normalized spacial score (nSPS) is 16.8. The van der Waals surface area contributed by atoms with Gasteiger partial charge in [0, 0.05) is 17.7 Å². The summed E-state index contributed by atoms with van der Waals surface area (Å²) in [5.41, 5.74) is 5.41. The number of nitrogens with one attached hydrogen (secondary N) is 1. The van der Waals surface area contributed by atoms with Gasteiger partial charge >= 0.3 is 0 Å². The van der Waals surface area contributed by atoms with E-state index in [4.69, 9.17) is 0 Å². The molecule has 1 N–H and O–H groups in total. The molecule has 0 radical (unpaired) electrons. The van der Waals surface area contributed by atoms with Crippen molar-refractivity contribution in [3.63, 3.8) is 0 Å². The van der Waals surface area contributed by atoms with E-state index in [-0.39, 0.29) is 11.8 Å². The standard InChI is InChI=1S/C17H17NO/c1-11-6-5-8-14(12(11)2)17(19)16-10-13-7-3-4-9-15(13)18-16/h3-9,16,18H,10H2,1-2H3. The number of carbonyl (C=O) groups excluding carboxylic acids is 1. The molecule has 0 spiro atoms. The largest absolute Gasteiger partial charge is 0.374 e. The molecule has 0 amide bonds. The van der Waals surface area contributed by atoms with Crippen LogP contribution in [0.1, 0.15) is 27.0 Å². The number of rotatable bonds is 2. The van der Waals surface area contributed by atoms with Crippen LogP contribution in [0.15, 0.2) is 42.5 Å². The summed E-state index contributed by atoms with van der Waals surface area (Å²) in [6, 6.07) is 13.9. The molecule has 2 aromatic carbocycles. The lowest BCUT2D eigenvalue weighted by Gasteiger charge is -2.13. The summed E-state index contributed by atoms with van der Waals surface area (Å²) in [5, 5.41) is 3.33. The van der Waals surface area contributed by atoms with E-state index in [1.165, 1.54) is 11.1 Å². The zero-order valence-corrected chi connectivity index (χ0v) is 11.2. The number of ketones is 1. The topological polar surface area (TPSA) is 29.1 Å². The van der Waals surface area contributed by atoms with Crippen LogP contribution in [0, 0.1) is 13.8 Å². The van der Waals surface area contributed by atoms with Crippen molar-refractivity contribution >= 4 is 11.5 Å². The van der Waals surface area contributed by atoms with Crippen LogP contribution in [0.4, 0.5) is 5.69 Å². The van der Waals surface area contributed by atoms with Crippen molar-refractivity contribution in [2.75, 3.05) is 5.32 Å². The monoisotopic (exact) mass is 251 g/mol. The van der Waals surface area contributed by atoms with Crippen molar-refractivity contribution in [1.29, 1.82) is 0 Å². The van der Waals surface area contributed by atoms with Crippen LogP contribution < -0.4 is 5.32 Å². The fraction of sp³-hybridized carbons (Fsp3) is 0.235. The lowest BCUT2D eigenvalue weighted by Crippen LogP contribution is -2.27. The number of anilines is 1. The summed E-state index contributed by atoms with van der Waals surface area (Å²) in [7, 11) is 0. The zero-order valence-electron chi connectivity index (χ0n) is 11.2. The van der Waals surface area contributed by atoms with E-state index in [0.717, 1.165) is 23.2 Å². The highest BCUT2D eigenvalue weighted by molar-refractivity contribution is 6.04. The number of aryl methyl sites for hydroxylation is 1. The molecular formula is C17H17NO. The summed E-state index contributed by atoms with van der Waals surface area (Å²) >= 11 is 0. The maximum Gasteiger partial charge on any atom is 0.185 e. The molecule has 2 heteroatoms. The van der Waals surface area contributed by atoms with Crippen LogP contribution in [-0.2, 0) is 6.42 Å². The lowest BCUT2D eigenvalue weighted by molar-refractivity contribution is 0.0971. The first-order valence-corrected chi connectivity index (χ1v) is 6.61. The van der Waals surface area contributed by atoms with Gasteiger partial charge in [0.1, 0.15) is 0 Å². The maximum absolute atomic E-state index is 12.6. The Bertz CT molecular complexity index is 620. The van der Waals surface area contributed by atoms with E-state index in [1.807, 2.05) is 50.2 Å². The third-order valence-electron chi connectivity index (χ3n) is 3.96. The number of Topliss-reactive ketones (excluding diaryl/α,β-unsaturated/α-hetero) is 1. The predicted octanol–water partition coefficient (Wildman–Crippen LogP) is 3.52. The van der Waals surface area contributed by atoms with Gasteiger partial charge in [-0.15, -0.1) is 0 Å². The second-order valence-electron chi connectivity index (χ2n) is 5.17. The highest BCUT2D eigenvalue weighted by Gasteiger charge is 2.27. The molecule has 0 saturated carbocycles. The molecule has 0 fully saturated rings. The van der Waals surface area contributed by atoms with Gasteiger partial charge in [0.2, 0.25) is 0 Å². The smallest absolute Gasteiger partial charge is 0.185 e. The number of carbonyl (C=O) groups is 1. The van der Waals surface area contributed by atoms with Crippen LogP contribution in [0.5, 0.6) is 0 Å². The Morgan fingerprint density at radius 1 is 1.11 bits per heavy atom. The quantitative estimate of drug-likeness (QED) is 0.827. The van der Waals surface area contributed by atoms with E-state index < -0.39 is 0 Å². The molecule has 0 saturated heterocycles. The third kappa shape index (κ3) is 2.03. The van der Waals surface area contributed by atoms with Crippen LogP contribution in [0.25, 0.3) is 0 Å². The van der Waals surface area contributed by atoms with E-state index >= 15 is 0 Å². The van der Waals surface area contributed by atoms with Crippen molar-refractivity contribution < 1.29 is 4.79 Å². The minimum absolute atomic E-state index is 0.127. The zero-order chi connectivity index (χ0) is 13.4. The van der Waals surface area contributed by atoms with Gasteiger partial charge in [-0.2, -0.15) is 0 Å². The van der Waals surface area contributed by atoms with Crippen molar-refractivity contribution in [3.05, 3.63) is 64.7 Å². The molecule has 2 aromatic rings. The average Bonchev–Trinajstić information content (AvgIpc) is 2.85. The first kappa shape index (κ1) is 12.0. The molecule has 1 aliphatic heterocycles. The summed E-state index contributed by atoms with van der Waals surface area (Å²) in [6.07, 6.45) is 0.780. The molecule has 3 rings (SSSR count). The molecule has 0 aliphatic carbocycles. The van der Waals surface area contributed by atoms with Gasteiger partial charge in [-0.05, 0) is 36.6 Å². The SMILES string of the molecule is Cc1cccc(C(=O)C2Cc3ccccc3N2)c1C. The second kappa shape index (κ2) is 4.54. The Kier molecular flexibility index (Phi) is 2.86. The number of fused-ring (bicyclic) bond motifs is 1. The Labute approximate surface area is 113 Å². The molecule has 19 heavy (non-hydrogen) atoms. The second-order valence-corrected chi connectivity index (χ2v) is 5.17. The van der Waals surface area contributed by atoms with Gasteiger partial charge in [-0.1, -0.05) is 36.4 Å². The Hall–Kier alpha value is -2.09. The van der Waals surface area contributed by atoms with Gasteiger partial charge in [0.25, 0.3) is 0 Å². The predicted molar refractivity (Wildman–Crippen MR) is 77.8 cm³/mol. The average molecular weight is 251 g/mol. The van der Waals surface area contributed by atoms with Gasteiger partial charge in [0.05, 0.1) is 6.04 Å². The minimum Gasteiger partial charge on any atom is -0.374 e. The van der Waals surface area contributed by atoms with E-state index in [9.17, 15) is 4.79 Å². The first-order valence-electron chi connectivity index (χ1n) is 6.61. The van der Waals surface area contributed by atoms with Gasteiger partial charge in [0.15, 0.2) is 5.78 Å². The van der Waals surface area contributed by atoms with Crippen LogP contribution in [-0.4, -0.2) is 11.8 Å². The molecule has 1 unspecified atom stereocenters. The van der Waals surface area contributed by atoms with Crippen molar-refractivity contribution in [2.45, 2.75) is 26.3 Å². The third-order valence-corrected chi connectivity index (χ3v) is 3.96. The molecule has 96 valence electrons. The van der Waals surface area contributed by atoms with Crippen molar-refractivity contribution in [3.8, 4) is 0 Å². The van der Waals surface area contributed by atoms with Gasteiger partial charge in [-0.25, -0.2) is 0 Å². The molecular weight excluding hydrogens is 234 g/mol. The molecule has 1 aliphatic rings. The van der Waals surface area contributed by atoms with E-state index in [0.29, 0.717) is 0 Å². The first-order chi connectivity index (χ1) is 9.16. The Morgan fingerprint density at radius 3 is 2.68 bits per heavy atom. The summed E-state index contributed by atoms with van der Waals surface area (Å²) in [6.45, 7) is 4.06. The van der Waals surface area contributed by atoms with Gasteiger partial charge in [-0.3, -0.25) is 4.79 Å². The van der Waals surface area contributed by atoms with Crippen LogP contribution in [0.2, 0.25) is 0 Å². The molecule has 0 bridgehead atoms. The molecule has 0 aromatic heterocycles. The molecule has 2 nitrogen and oxygen atoms in total.